The van der Waals surface area contributed by atoms with Crippen molar-refractivity contribution < 1.29 is 4.74 Å². The Labute approximate surface area is 115 Å². The summed E-state index contributed by atoms with van der Waals surface area (Å²) in [5.74, 6) is 0.838. The van der Waals surface area contributed by atoms with Gasteiger partial charge in [0.2, 0.25) is 0 Å². The molecule has 0 amide bonds. The zero-order chi connectivity index (χ0) is 13.2. The molecule has 2 aromatic heterocycles. The molecule has 0 unspecified atom stereocenters. The molecule has 0 aliphatic rings. The molecule has 0 saturated carbocycles. The van der Waals surface area contributed by atoms with Gasteiger partial charge in [-0.2, -0.15) is 26.3 Å². The first-order valence-corrected chi connectivity index (χ1v) is 6.80. The van der Waals surface area contributed by atoms with Gasteiger partial charge in [-0.15, -0.1) is 0 Å². The molecule has 96 valence electrons. The van der Waals surface area contributed by atoms with Gasteiger partial charge in [0.1, 0.15) is 17.1 Å². The maximum absolute atomic E-state index is 5.17. The van der Waals surface area contributed by atoms with Crippen LogP contribution in [-0.2, 0) is 7.05 Å². The van der Waals surface area contributed by atoms with E-state index in [9.17, 15) is 0 Å². The van der Waals surface area contributed by atoms with Crippen molar-refractivity contribution in [3.63, 3.8) is 0 Å². The average molecular weight is 271 g/mol. The maximum atomic E-state index is 5.17. The molecule has 0 atom stereocenters. The molecule has 4 nitrogen and oxygen atoms in total. The van der Waals surface area contributed by atoms with E-state index in [0.717, 1.165) is 28.3 Å². The van der Waals surface area contributed by atoms with Gasteiger partial charge in [0, 0.05) is 23.6 Å². The molecule has 0 aliphatic heterocycles. The highest BCUT2D eigenvalue weighted by atomic mass is 32.1. The summed E-state index contributed by atoms with van der Waals surface area (Å²) in [7, 11) is 3.50. The molecule has 0 spiro atoms. The normalized spacial score (nSPS) is 10.6. The number of benzene rings is 1. The number of thiophene rings is 1. The van der Waals surface area contributed by atoms with Crippen LogP contribution in [0.2, 0.25) is 0 Å². The number of aromatic nitrogens is 3. The van der Waals surface area contributed by atoms with Crippen LogP contribution in [0.25, 0.3) is 22.5 Å². The minimum Gasteiger partial charge on any atom is -0.497 e. The van der Waals surface area contributed by atoms with Gasteiger partial charge in [0.05, 0.1) is 7.11 Å². The molecule has 0 aliphatic carbocycles. The summed E-state index contributed by atoms with van der Waals surface area (Å²) in [4.78, 5) is 1.60. The molecule has 0 fully saturated rings. The van der Waals surface area contributed by atoms with Crippen LogP contribution in [0.15, 0.2) is 41.1 Å². The van der Waals surface area contributed by atoms with Crippen LogP contribution in [0.3, 0.4) is 0 Å². The number of hydrogen-bond acceptors (Lipinski definition) is 4. The molecule has 3 aromatic rings. The predicted octanol–water partition coefficient (Wildman–Crippen LogP) is 3.22. The van der Waals surface area contributed by atoms with Gasteiger partial charge >= 0.3 is 0 Å². The second kappa shape index (κ2) is 4.85. The van der Waals surface area contributed by atoms with Gasteiger partial charge in [0.25, 0.3) is 0 Å². The second-order valence-corrected chi connectivity index (χ2v) is 4.91. The van der Waals surface area contributed by atoms with Crippen molar-refractivity contribution in [3.05, 3.63) is 41.1 Å². The Hall–Kier alpha value is -2.14. The summed E-state index contributed by atoms with van der Waals surface area (Å²) in [5, 5.41) is 13.0. The van der Waals surface area contributed by atoms with Gasteiger partial charge in [-0.05, 0) is 35.7 Å². The predicted molar refractivity (Wildman–Crippen MR) is 76.3 cm³/mol. The Morgan fingerprint density at radius 3 is 2.26 bits per heavy atom. The Balaban J connectivity index is 2.09. The monoisotopic (exact) mass is 271 g/mol. The largest absolute Gasteiger partial charge is 0.497 e. The van der Waals surface area contributed by atoms with Crippen molar-refractivity contribution in [3.8, 4) is 28.3 Å². The fourth-order valence-electron chi connectivity index (χ4n) is 1.94. The van der Waals surface area contributed by atoms with Crippen LogP contribution in [0, 0.1) is 0 Å². The molecule has 5 heteroatoms. The fourth-order valence-corrected chi connectivity index (χ4v) is 2.58. The first-order valence-electron chi connectivity index (χ1n) is 5.86. The highest BCUT2D eigenvalue weighted by Crippen LogP contribution is 2.30. The van der Waals surface area contributed by atoms with Crippen LogP contribution in [0.5, 0.6) is 5.75 Å². The quantitative estimate of drug-likeness (QED) is 0.734. The maximum Gasteiger partial charge on any atom is 0.121 e. The molecule has 0 saturated heterocycles. The van der Waals surface area contributed by atoms with E-state index in [2.05, 4.69) is 21.6 Å². The lowest BCUT2D eigenvalue weighted by Crippen LogP contribution is -1.92. The Kier molecular flexibility index (Phi) is 3.05. The second-order valence-electron chi connectivity index (χ2n) is 4.13. The summed E-state index contributed by atoms with van der Waals surface area (Å²) < 4.78 is 5.17. The van der Waals surface area contributed by atoms with E-state index in [-0.39, 0.29) is 0 Å². The number of methoxy groups -OCH3 is 1. The number of nitrogens with zero attached hydrogens (tertiary/aromatic N) is 3. The molecule has 0 N–H and O–H groups in total. The Bertz CT molecular complexity index is 671. The van der Waals surface area contributed by atoms with Crippen molar-refractivity contribution in [2.24, 2.45) is 7.05 Å². The van der Waals surface area contributed by atoms with Gasteiger partial charge in [-0.3, -0.25) is 0 Å². The topological polar surface area (TPSA) is 39.9 Å². The molecular formula is C14H13N3OS. The number of ether oxygens (including phenoxy) is 1. The van der Waals surface area contributed by atoms with Gasteiger partial charge < -0.3 is 4.74 Å². The van der Waals surface area contributed by atoms with Crippen molar-refractivity contribution in [1.82, 2.24) is 15.0 Å². The van der Waals surface area contributed by atoms with Crippen molar-refractivity contribution in [2.75, 3.05) is 7.11 Å². The highest BCUT2D eigenvalue weighted by molar-refractivity contribution is 7.08. The van der Waals surface area contributed by atoms with Crippen molar-refractivity contribution >= 4 is 11.3 Å². The molecule has 0 bridgehead atoms. The number of rotatable bonds is 3. The minimum atomic E-state index is 0.838. The minimum absolute atomic E-state index is 0.838. The Morgan fingerprint density at radius 1 is 1.00 bits per heavy atom. The molecule has 3 rings (SSSR count). The Morgan fingerprint density at radius 2 is 1.68 bits per heavy atom. The van der Waals surface area contributed by atoms with E-state index in [0.29, 0.717) is 0 Å². The zero-order valence-corrected chi connectivity index (χ0v) is 11.5. The summed E-state index contributed by atoms with van der Waals surface area (Å²) >= 11 is 1.66. The number of hydrogen-bond donors (Lipinski definition) is 0. The third-order valence-corrected chi connectivity index (χ3v) is 3.56. The van der Waals surface area contributed by atoms with Gasteiger partial charge in [-0.25, -0.2) is 0 Å². The fraction of sp³-hybridized carbons (Fsp3) is 0.143. The lowest BCUT2D eigenvalue weighted by atomic mass is 10.1. The van der Waals surface area contributed by atoms with Crippen molar-refractivity contribution in [1.29, 1.82) is 0 Å². The standard InChI is InChI=1S/C14H13N3OS/c1-17-15-13(10-3-5-12(18-2)6-4-10)14(16-17)11-7-8-19-9-11/h3-9H,1-2H3. The van der Waals surface area contributed by atoms with E-state index in [4.69, 9.17) is 4.74 Å². The van der Waals surface area contributed by atoms with Crippen LogP contribution in [-0.4, -0.2) is 22.1 Å². The summed E-state index contributed by atoms with van der Waals surface area (Å²) in [6.45, 7) is 0. The lowest BCUT2D eigenvalue weighted by molar-refractivity contribution is 0.415. The van der Waals surface area contributed by atoms with Crippen LogP contribution in [0.4, 0.5) is 0 Å². The van der Waals surface area contributed by atoms with E-state index in [1.165, 1.54) is 0 Å². The first kappa shape index (κ1) is 11.9. The zero-order valence-electron chi connectivity index (χ0n) is 10.7. The smallest absolute Gasteiger partial charge is 0.121 e. The SMILES string of the molecule is COc1ccc(-c2nn(C)nc2-c2ccsc2)cc1. The third-order valence-electron chi connectivity index (χ3n) is 2.87. The third kappa shape index (κ3) is 2.24. The van der Waals surface area contributed by atoms with Crippen LogP contribution < -0.4 is 4.74 Å². The molecule has 2 heterocycles. The van der Waals surface area contributed by atoms with E-state index in [1.54, 1.807) is 23.2 Å². The summed E-state index contributed by atoms with van der Waals surface area (Å²) in [6.07, 6.45) is 0. The van der Waals surface area contributed by atoms with Crippen molar-refractivity contribution in [2.45, 2.75) is 0 Å². The molecular weight excluding hydrogens is 258 g/mol. The van der Waals surface area contributed by atoms with Gasteiger partial charge in [0.15, 0.2) is 0 Å². The van der Waals surface area contributed by atoms with Crippen LogP contribution in [0.1, 0.15) is 0 Å². The summed E-state index contributed by atoms with van der Waals surface area (Å²) in [6, 6.07) is 9.92. The lowest BCUT2D eigenvalue weighted by Gasteiger charge is -2.02. The molecule has 19 heavy (non-hydrogen) atoms. The highest BCUT2D eigenvalue weighted by Gasteiger charge is 2.14. The van der Waals surface area contributed by atoms with E-state index >= 15 is 0 Å². The van der Waals surface area contributed by atoms with E-state index in [1.807, 2.05) is 36.7 Å². The summed E-state index contributed by atoms with van der Waals surface area (Å²) in [5.41, 5.74) is 3.94. The van der Waals surface area contributed by atoms with E-state index < -0.39 is 0 Å². The number of aryl methyl sites for hydroxylation is 1. The first-order chi connectivity index (χ1) is 9.28. The molecule has 0 radical (unpaired) electrons. The average Bonchev–Trinajstić information content (AvgIpc) is 3.07. The molecule has 1 aromatic carbocycles. The van der Waals surface area contributed by atoms with Gasteiger partial charge in [-0.1, -0.05) is 0 Å². The van der Waals surface area contributed by atoms with Crippen LogP contribution >= 0.6 is 11.3 Å².